The van der Waals surface area contributed by atoms with Crippen LogP contribution in [0.2, 0.25) is 0 Å². The molecular formula is C39H47N4O5S2+. The Bertz CT molecular complexity index is 1800. The number of quaternary nitrogens is 1. The van der Waals surface area contributed by atoms with Crippen molar-refractivity contribution in [3.63, 3.8) is 0 Å². The number of phenolic OH excluding ortho intramolecular Hbond substituents is 1. The molecule has 0 amide bonds. The third kappa shape index (κ3) is 7.44. The maximum atomic E-state index is 13.0. The minimum absolute atomic E-state index is 0.0364. The lowest BCUT2D eigenvalue weighted by Gasteiger charge is -2.34. The molecule has 1 unspecified atom stereocenters. The van der Waals surface area contributed by atoms with Gasteiger partial charge in [0, 0.05) is 55.0 Å². The molecule has 9 nitrogen and oxygen atoms in total. The molecule has 264 valence electrons. The van der Waals surface area contributed by atoms with Gasteiger partial charge in [0.1, 0.15) is 36.8 Å². The summed E-state index contributed by atoms with van der Waals surface area (Å²) in [4.78, 5) is 18.9. The fourth-order valence-corrected chi connectivity index (χ4v) is 10.2. The van der Waals surface area contributed by atoms with Crippen molar-refractivity contribution in [1.82, 2.24) is 5.32 Å². The largest absolute Gasteiger partial charge is 0.504 e. The number of allylic oxidation sites excluding steroid dienone is 1. The second kappa shape index (κ2) is 15.7. The number of Topliss-reactive ketones (excluding diaryl/α,β-unsaturated/α-hetero) is 1. The van der Waals surface area contributed by atoms with Crippen LogP contribution >= 0.6 is 21.6 Å². The number of nitrogens with one attached hydrogen (secondary N) is 2. The third-order valence-electron chi connectivity index (χ3n) is 10.5. The molecule has 8 rings (SSSR count). The first-order chi connectivity index (χ1) is 24.3. The second-order valence-corrected chi connectivity index (χ2v) is 16.5. The summed E-state index contributed by atoms with van der Waals surface area (Å²) in [6.07, 6.45) is 7.37. The zero-order valence-corrected chi connectivity index (χ0v) is 30.2. The normalized spacial score (nSPS) is 25.8. The first kappa shape index (κ1) is 35.3. The van der Waals surface area contributed by atoms with Gasteiger partial charge in [-0.15, -0.1) is 0 Å². The topological polar surface area (TPSA) is 142 Å². The van der Waals surface area contributed by atoms with Gasteiger partial charge in [0.2, 0.25) is 6.23 Å². The number of aliphatic hydroxyl groups is 2. The van der Waals surface area contributed by atoms with Crippen molar-refractivity contribution in [3.8, 4) is 23.3 Å². The molecule has 6 atom stereocenters. The monoisotopic (exact) mass is 715 g/mol. The van der Waals surface area contributed by atoms with E-state index in [1.807, 2.05) is 24.4 Å². The van der Waals surface area contributed by atoms with Crippen molar-refractivity contribution in [2.24, 2.45) is 10.7 Å². The van der Waals surface area contributed by atoms with Gasteiger partial charge in [0.15, 0.2) is 11.5 Å². The number of nitrogens with zero attached hydrogens (tertiary/aromatic N) is 1. The van der Waals surface area contributed by atoms with Crippen LogP contribution in [0.15, 0.2) is 52.8 Å². The summed E-state index contributed by atoms with van der Waals surface area (Å²) in [5.41, 5.74) is 15.8. The van der Waals surface area contributed by atoms with Crippen LogP contribution in [0, 0.1) is 11.8 Å². The first-order valence-electron chi connectivity index (χ1n) is 17.9. The quantitative estimate of drug-likeness (QED) is 0.128. The highest BCUT2D eigenvalue weighted by Crippen LogP contribution is 2.44. The van der Waals surface area contributed by atoms with Crippen molar-refractivity contribution >= 4 is 33.1 Å². The Morgan fingerprint density at radius 2 is 2.06 bits per heavy atom. The van der Waals surface area contributed by atoms with Gasteiger partial charge in [0.05, 0.1) is 17.8 Å². The van der Waals surface area contributed by atoms with E-state index < -0.39 is 18.4 Å². The summed E-state index contributed by atoms with van der Waals surface area (Å²) in [7, 11) is 3.48. The van der Waals surface area contributed by atoms with Crippen molar-refractivity contribution < 1.29 is 29.8 Å². The van der Waals surface area contributed by atoms with E-state index in [0.29, 0.717) is 56.7 Å². The molecule has 6 heterocycles. The van der Waals surface area contributed by atoms with E-state index in [4.69, 9.17) is 15.5 Å². The highest BCUT2D eigenvalue weighted by Gasteiger charge is 2.38. The molecular weight excluding hydrogens is 669 g/mol. The number of hydrogen-bond acceptors (Lipinski definition) is 10. The van der Waals surface area contributed by atoms with Crippen LogP contribution in [0.4, 0.5) is 0 Å². The number of hydrogen-bond donors (Lipinski definition) is 6. The van der Waals surface area contributed by atoms with E-state index in [9.17, 15) is 20.1 Å². The average molecular weight is 716 g/mol. The summed E-state index contributed by atoms with van der Waals surface area (Å²) >= 11 is 0. The molecule has 0 radical (unpaired) electrons. The molecule has 6 aliphatic heterocycles. The summed E-state index contributed by atoms with van der Waals surface area (Å²) in [6.45, 7) is 3.46. The van der Waals surface area contributed by atoms with Gasteiger partial charge in [-0.2, -0.15) is 0 Å². The van der Waals surface area contributed by atoms with E-state index in [-0.39, 0.29) is 30.0 Å². The summed E-state index contributed by atoms with van der Waals surface area (Å²) < 4.78 is 6.79. The number of rotatable bonds is 9. The fraction of sp³-hybridized carbons (Fsp3) is 0.487. The highest BCUT2D eigenvalue weighted by atomic mass is 33.1. The van der Waals surface area contributed by atoms with Crippen LogP contribution in [-0.2, 0) is 23.4 Å². The third-order valence-corrected chi connectivity index (χ3v) is 12.9. The number of phenols is 1. The number of carbonyl (C=O) groups excluding carboxylic acids is 1. The average Bonchev–Trinajstić information content (AvgIpc) is 3.68. The smallest absolute Gasteiger partial charge is 0.247 e. The highest BCUT2D eigenvalue weighted by molar-refractivity contribution is 8.76. The minimum atomic E-state index is -0.980. The predicted molar refractivity (Wildman–Crippen MR) is 199 cm³/mol. The van der Waals surface area contributed by atoms with E-state index in [0.717, 1.165) is 74.6 Å². The fourth-order valence-electron chi connectivity index (χ4n) is 7.79. The molecule has 11 heteroatoms. The number of aromatic hydroxyl groups is 1. The summed E-state index contributed by atoms with van der Waals surface area (Å²) in [6, 6.07) is 7.58. The van der Waals surface area contributed by atoms with E-state index in [2.05, 4.69) is 30.3 Å². The summed E-state index contributed by atoms with van der Waals surface area (Å²) in [5, 5.41) is 36.8. The molecule has 0 aliphatic carbocycles. The van der Waals surface area contributed by atoms with Crippen molar-refractivity contribution in [1.29, 1.82) is 0 Å². The number of benzene rings is 2. The van der Waals surface area contributed by atoms with Crippen molar-refractivity contribution in [2.75, 3.05) is 18.8 Å². The van der Waals surface area contributed by atoms with Crippen LogP contribution in [0.3, 0.4) is 0 Å². The number of ether oxygens (including phenoxy) is 1. The van der Waals surface area contributed by atoms with Gasteiger partial charge < -0.3 is 25.8 Å². The SMILES string of the molecule is CCCCC[C@@H](O)CC(=O)CCc1ccc(O)c2c1CSSC[C@@H]1CN[C@@H](N)c3ccc4c(c31)CC1=CN=C3C[NH+](C=C13)[C@H](CC#C[C@@H]4O)O2. The minimum Gasteiger partial charge on any atom is -0.504 e. The molecule has 50 heavy (non-hydrogen) atoms. The van der Waals surface area contributed by atoms with Crippen molar-refractivity contribution in [3.05, 3.63) is 81.2 Å². The number of nitrogens with two attached hydrogens (primary N) is 1. The molecule has 6 bridgehead atoms. The molecule has 0 saturated heterocycles. The van der Waals surface area contributed by atoms with Gasteiger partial charge in [-0.1, -0.05) is 77.8 Å². The maximum absolute atomic E-state index is 13.0. The molecule has 7 N–H and O–H groups in total. The van der Waals surface area contributed by atoms with Gasteiger partial charge in [-0.3, -0.25) is 20.0 Å². The van der Waals surface area contributed by atoms with Crippen molar-refractivity contribution in [2.45, 2.75) is 101 Å². The number of unbranched alkanes of at least 4 members (excludes halogenated alkanes) is 2. The zero-order valence-electron chi connectivity index (χ0n) is 28.5. The standard InChI is InChI=1S/C39H46N4O5S2/c1-2-3-4-6-26(44)16-27(45)11-9-23-10-14-35(47)38-32(23)22-50-49-21-25-18-42-39(40)29-13-12-28-30(37(25)29)15-24-17-41-33-20-43(19-31(24)33)36(48-38)8-5-7-34(28)46/h10,12-14,17,19,25-26,34,36,39,42,44,46-47H,2-4,6,8-9,11,15-16,18,20-22,40H2,1H3/p+1/t25-,26+,34-,36-,39+/m0/s1. The molecule has 6 aliphatic rings. The zero-order chi connectivity index (χ0) is 34.8. The van der Waals surface area contributed by atoms with Crippen LogP contribution in [0.5, 0.6) is 11.5 Å². The lowest BCUT2D eigenvalue weighted by Crippen LogP contribution is -3.12. The Hall–Kier alpha value is -3.08. The number of aryl methyl sites for hydroxylation is 1. The molecule has 0 fully saturated rings. The van der Waals surface area contributed by atoms with Gasteiger partial charge >= 0.3 is 0 Å². The lowest BCUT2D eigenvalue weighted by molar-refractivity contribution is -0.882. The van der Waals surface area contributed by atoms with Crippen LogP contribution in [0.1, 0.15) is 103 Å². The second-order valence-electron chi connectivity index (χ2n) is 14.0. The molecule has 2 aromatic carbocycles. The van der Waals surface area contributed by atoms with E-state index in [1.165, 1.54) is 5.56 Å². The molecule has 2 aromatic rings. The number of carbonyl (C=O) groups is 1. The molecule has 0 aromatic heterocycles. The number of fused-ring (bicyclic) bond motifs is 5. The Morgan fingerprint density at radius 3 is 2.92 bits per heavy atom. The lowest BCUT2D eigenvalue weighted by atomic mass is 9.80. The maximum Gasteiger partial charge on any atom is 0.247 e. The first-order valence-corrected chi connectivity index (χ1v) is 20.4. The van der Waals surface area contributed by atoms with Gasteiger partial charge in [0.25, 0.3) is 0 Å². The van der Waals surface area contributed by atoms with E-state index in [1.54, 1.807) is 27.7 Å². The Labute approximate surface area is 302 Å². The van der Waals surface area contributed by atoms with Crippen LogP contribution in [-0.4, -0.2) is 58.0 Å². The number of aliphatic imine (C=N–C) groups is 1. The summed E-state index contributed by atoms with van der Waals surface area (Å²) in [5.74, 6) is 8.38. The van der Waals surface area contributed by atoms with E-state index >= 15 is 0 Å². The van der Waals surface area contributed by atoms with Gasteiger partial charge in [-0.05, 0) is 52.3 Å². The Kier molecular flexibility index (Phi) is 11.1. The van der Waals surface area contributed by atoms with Crippen LogP contribution in [0.25, 0.3) is 0 Å². The number of aliphatic hydroxyl groups excluding tert-OH is 2. The Balaban J connectivity index is 1.26. The molecule has 0 spiro atoms. The van der Waals surface area contributed by atoms with Crippen LogP contribution < -0.4 is 20.7 Å². The molecule has 0 saturated carbocycles. The Morgan fingerprint density at radius 1 is 1.20 bits per heavy atom. The number of ketones is 1. The predicted octanol–water partition coefficient (Wildman–Crippen LogP) is 4.27. The van der Waals surface area contributed by atoms with Gasteiger partial charge in [-0.25, -0.2) is 0 Å².